The van der Waals surface area contributed by atoms with Gasteiger partial charge in [-0.25, -0.2) is 0 Å². The Morgan fingerprint density at radius 3 is 2.22 bits per heavy atom. The monoisotopic (exact) mass is 433 g/mol. The summed E-state index contributed by atoms with van der Waals surface area (Å²) in [6.45, 7) is 6.48. The minimum atomic E-state index is -0.00869. The van der Waals surface area contributed by atoms with Crippen molar-refractivity contribution in [3.8, 4) is 0 Å². The van der Waals surface area contributed by atoms with E-state index in [4.69, 9.17) is 0 Å². The molecule has 5 heteroatoms. The molecule has 0 aliphatic carbocycles. The molecule has 4 rings (SSSR count). The molecule has 5 nitrogen and oxygen atoms in total. The highest BCUT2D eigenvalue weighted by molar-refractivity contribution is 6.04. The van der Waals surface area contributed by atoms with E-state index in [1.54, 1.807) is 0 Å². The van der Waals surface area contributed by atoms with Crippen molar-refractivity contribution in [2.24, 2.45) is 5.92 Å². The molecule has 0 atom stereocenters. The van der Waals surface area contributed by atoms with Gasteiger partial charge in [0, 0.05) is 25.6 Å². The number of anilines is 1. The zero-order chi connectivity index (χ0) is 22.3. The van der Waals surface area contributed by atoms with Gasteiger partial charge < -0.3 is 10.2 Å². The van der Waals surface area contributed by atoms with E-state index in [0.29, 0.717) is 11.3 Å². The van der Waals surface area contributed by atoms with E-state index in [2.05, 4.69) is 41.4 Å². The van der Waals surface area contributed by atoms with Crippen LogP contribution < -0.4 is 5.32 Å². The van der Waals surface area contributed by atoms with Crippen LogP contribution in [0.4, 0.5) is 5.69 Å². The largest absolute Gasteiger partial charge is 0.339 e. The summed E-state index contributed by atoms with van der Waals surface area (Å²) >= 11 is 0. The van der Waals surface area contributed by atoms with Crippen molar-refractivity contribution in [3.63, 3.8) is 0 Å². The number of para-hydroxylation sites is 1. The highest BCUT2D eigenvalue weighted by Gasteiger charge is 2.27. The van der Waals surface area contributed by atoms with Gasteiger partial charge >= 0.3 is 0 Å². The van der Waals surface area contributed by atoms with Gasteiger partial charge in [0.1, 0.15) is 0 Å². The lowest BCUT2D eigenvalue weighted by atomic mass is 9.95. The van der Waals surface area contributed by atoms with Gasteiger partial charge in [0.2, 0.25) is 5.91 Å². The average Bonchev–Trinajstić information content (AvgIpc) is 3.11. The van der Waals surface area contributed by atoms with Crippen LogP contribution in [0, 0.1) is 12.8 Å². The van der Waals surface area contributed by atoms with Crippen molar-refractivity contribution in [2.45, 2.75) is 52.0 Å². The summed E-state index contributed by atoms with van der Waals surface area (Å²) in [6.07, 6.45) is 6.18. The number of hydrogen-bond acceptors (Lipinski definition) is 3. The van der Waals surface area contributed by atoms with Crippen molar-refractivity contribution in [2.75, 3.05) is 31.5 Å². The average molecular weight is 434 g/mol. The molecule has 2 aliphatic heterocycles. The quantitative estimate of drug-likeness (QED) is 0.732. The van der Waals surface area contributed by atoms with Gasteiger partial charge in [-0.15, -0.1) is 0 Å². The van der Waals surface area contributed by atoms with E-state index in [-0.39, 0.29) is 17.7 Å². The van der Waals surface area contributed by atoms with Crippen LogP contribution in [-0.4, -0.2) is 47.8 Å². The Morgan fingerprint density at radius 2 is 1.53 bits per heavy atom. The second-order valence-corrected chi connectivity index (χ2v) is 9.28. The number of piperidine rings is 1. The molecule has 2 amide bonds. The van der Waals surface area contributed by atoms with Crippen LogP contribution in [0.2, 0.25) is 0 Å². The zero-order valence-electron chi connectivity index (χ0n) is 19.2. The van der Waals surface area contributed by atoms with Crippen molar-refractivity contribution in [1.29, 1.82) is 0 Å². The molecule has 2 saturated heterocycles. The Bertz CT molecular complexity index is 909. The van der Waals surface area contributed by atoms with Gasteiger partial charge in [-0.05, 0) is 63.4 Å². The molecule has 0 spiro atoms. The summed E-state index contributed by atoms with van der Waals surface area (Å²) in [5, 5.41) is 3.08. The number of hydrogen-bond donors (Lipinski definition) is 1. The summed E-state index contributed by atoms with van der Waals surface area (Å²) in [5.41, 5.74) is 3.85. The van der Waals surface area contributed by atoms with Gasteiger partial charge in [0.05, 0.1) is 11.3 Å². The lowest BCUT2D eigenvalue weighted by Gasteiger charge is -2.31. The maximum atomic E-state index is 13.1. The first-order valence-corrected chi connectivity index (χ1v) is 12.1. The molecule has 2 heterocycles. The van der Waals surface area contributed by atoms with Crippen molar-refractivity contribution in [3.05, 3.63) is 65.2 Å². The van der Waals surface area contributed by atoms with Crippen molar-refractivity contribution < 1.29 is 9.59 Å². The predicted molar refractivity (Wildman–Crippen MR) is 129 cm³/mol. The first-order chi connectivity index (χ1) is 15.6. The topological polar surface area (TPSA) is 52.7 Å². The number of carbonyl (C=O) groups excluding carboxylic acids is 2. The number of nitrogens with one attached hydrogen (secondary N) is 1. The third-order valence-electron chi connectivity index (χ3n) is 6.79. The SMILES string of the molecule is Cc1ccc(CN2CCC(C(=O)Nc3ccccc3C(=O)N3CCCCCC3)CC2)cc1. The van der Waals surface area contributed by atoms with Crippen LogP contribution in [0.1, 0.15) is 60.0 Å². The third kappa shape index (κ3) is 5.77. The molecule has 2 fully saturated rings. The molecule has 0 radical (unpaired) electrons. The third-order valence-corrected chi connectivity index (χ3v) is 6.79. The number of likely N-dealkylation sites (tertiary alicyclic amines) is 2. The molecular formula is C27H35N3O2. The summed E-state index contributed by atoms with van der Waals surface area (Å²) in [5.74, 6) is 0.0671. The minimum absolute atomic E-state index is 0.00869. The Labute approximate surface area is 191 Å². The molecule has 170 valence electrons. The Kier molecular flexibility index (Phi) is 7.59. The normalized spacial score (nSPS) is 18.2. The second-order valence-electron chi connectivity index (χ2n) is 9.28. The van der Waals surface area contributed by atoms with Gasteiger partial charge in [-0.1, -0.05) is 54.8 Å². The smallest absolute Gasteiger partial charge is 0.255 e. The number of rotatable bonds is 5. The Balaban J connectivity index is 1.33. The van der Waals surface area contributed by atoms with Crippen LogP contribution in [0.5, 0.6) is 0 Å². The van der Waals surface area contributed by atoms with Gasteiger partial charge in [-0.2, -0.15) is 0 Å². The van der Waals surface area contributed by atoms with Crippen molar-refractivity contribution >= 4 is 17.5 Å². The maximum absolute atomic E-state index is 13.1. The van der Waals surface area contributed by atoms with E-state index in [1.165, 1.54) is 24.0 Å². The summed E-state index contributed by atoms with van der Waals surface area (Å²) in [4.78, 5) is 30.5. The fourth-order valence-corrected chi connectivity index (χ4v) is 4.76. The first-order valence-electron chi connectivity index (χ1n) is 12.1. The Hall–Kier alpha value is -2.66. The molecule has 0 aromatic heterocycles. The summed E-state index contributed by atoms with van der Waals surface area (Å²) < 4.78 is 0. The zero-order valence-corrected chi connectivity index (χ0v) is 19.2. The predicted octanol–water partition coefficient (Wildman–Crippen LogP) is 4.86. The van der Waals surface area contributed by atoms with Crippen LogP contribution in [0.15, 0.2) is 48.5 Å². The molecule has 1 N–H and O–H groups in total. The molecule has 0 unspecified atom stereocenters. The fraction of sp³-hybridized carbons (Fsp3) is 0.481. The molecular weight excluding hydrogens is 398 g/mol. The van der Waals surface area contributed by atoms with E-state index in [1.807, 2.05) is 29.2 Å². The number of nitrogens with zero attached hydrogens (tertiary/aromatic N) is 2. The van der Waals surface area contributed by atoms with E-state index in [0.717, 1.165) is 58.4 Å². The molecule has 0 saturated carbocycles. The van der Waals surface area contributed by atoms with Gasteiger partial charge in [-0.3, -0.25) is 14.5 Å². The molecule has 0 bridgehead atoms. The summed E-state index contributed by atoms with van der Waals surface area (Å²) in [7, 11) is 0. The number of amides is 2. The van der Waals surface area contributed by atoms with E-state index < -0.39 is 0 Å². The van der Waals surface area contributed by atoms with Gasteiger partial charge in [0.25, 0.3) is 5.91 Å². The molecule has 2 aromatic rings. The summed E-state index contributed by atoms with van der Waals surface area (Å²) in [6, 6.07) is 16.1. The highest BCUT2D eigenvalue weighted by Crippen LogP contribution is 2.24. The van der Waals surface area contributed by atoms with Crippen LogP contribution >= 0.6 is 0 Å². The van der Waals surface area contributed by atoms with Crippen LogP contribution in [0.25, 0.3) is 0 Å². The first kappa shape index (κ1) is 22.5. The van der Waals surface area contributed by atoms with Crippen molar-refractivity contribution in [1.82, 2.24) is 9.80 Å². The number of carbonyl (C=O) groups is 2. The lowest BCUT2D eigenvalue weighted by molar-refractivity contribution is -0.121. The minimum Gasteiger partial charge on any atom is -0.339 e. The highest BCUT2D eigenvalue weighted by atomic mass is 16.2. The number of benzene rings is 2. The van der Waals surface area contributed by atoms with E-state index in [9.17, 15) is 9.59 Å². The number of aryl methyl sites for hydroxylation is 1. The maximum Gasteiger partial charge on any atom is 0.255 e. The molecule has 2 aliphatic rings. The van der Waals surface area contributed by atoms with E-state index >= 15 is 0 Å². The Morgan fingerprint density at radius 1 is 0.875 bits per heavy atom. The van der Waals surface area contributed by atoms with Crippen LogP contribution in [-0.2, 0) is 11.3 Å². The molecule has 2 aromatic carbocycles. The van der Waals surface area contributed by atoms with Crippen LogP contribution in [0.3, 0.4) is 0 Å². The standard InChI is InChI=1S/C27H35N3O2/c1-21-10-12-22(13-11-21)20-29-18-14-23(15-19-29)26(31)28-25-9-5-4-8-24(25)27(32)30-16-6-2-3-7-17-30/h4-5,8-13,23H,2-3,6-7,14-20H2,1H3,(H,28,31). The molecule has 32 heavy (non-hydrogen) atoms. The second kappa shape index (κ2) is 10.8. The lowest BCUT2D eigenvalue weighted by Crippen LogP contribution is -2.38. The fourth-order valence-electron chi connectivity index (χ4n) is 4.76. The van der Waals surface area contributed by atoms with Gasteiger partial charge in [0.15, 0.2) is 0 Å².